The van der Waals surface area contributed by atoms with Crippen LogP contribution in [-0.4, -0.2) is 56.6 Å². The van der Waals surface area contributed by atoms with Gasteiger partial charge in [0.15, 0.2) is 5.96 Å². The molecule has 1 aliphatic rings. The van der Waals surface area contributed by atoms with E-state index in [9.17, 15) is 5.11 Å². The van der Waals surface area contributed by atoms with Crippen LogP contribution in [0.5, 0.6) is 0 Å². The number of hydrogen-bond donors (Lipinski definition) is 3. The van der Waals surface area contributed by atoms with Crippen molar-refractivity contribution in [3.63, 3.8) is 0 Å². The predicted octanol–water partition coefficient (Wildman–Crippen LogP) is 2.58. The third kappa shape index (κ3) is 7.92. The van der Waals surface area contributed by atoms with E-state index in [4.69, 9.17) is 21.1 Å². The van der Waals surface area contributed by atoms with E-state index in [0.717, 1.165) is 57.0 Å². The molecule has 1 fully saturated rings. The third-order valence-electron chi connectivity index (χ3n) is 3.82. The number of rotatable bonds is 9. The molecule has 1 aliphatic heterocycles. The number of nitrogens with zero attached hydrogens (tertiary/aromatic N) is 1. The molecule has 3 N–H and O–H groups in total. The minimum absolute atomic E-state index is 0.296. The van der Waals surface area contributed by atoms with Crippen LogP contribution in [0.25, 0.3) is 0 Å². The van der Waals surface area contributed by atoms with Gasteiger partial charge in [0.25, 0.3) is 0 Å². The first-order chi connectivity index (χ1) is 12.2. The van der Waals surface area contributed by atoms with Crippen molar-refractivity contribution >= 4 is 28.9 Å². The molecular weight excluding hydrogens is 362 g/mol. The first-order valence-corrected chi connectivity index (χ1v) is 10.0. The van der Waals surface area contributed by atoms with E-state index in [2.05, 4.69) is 15.6 Å². The normalized spacial score (nSPS) is 17.5. The Bertz CT molecular complexity index is 521. The molecule has 1 atom stereocenters. The van der Waals surface area contributed by atoms with Gasteiger partial charge in [0.05, 0.1) is 17.0 Å². The monoisotopic (exact) mass is 389 g/mol. The zero-order valence-electron chi connectivity index (χ0n) is 14.7. The average molecular weight is 390 g/mol. The van der Waals surface area contributed by atoms with Gasteiger partial charge in [-0.1, -0.05) is 11.6 Å². The molecule has 0 bridgehead atoms. The van der Waals surface area contributed by atoms with Gasteiger partial charge in [-0.2, -0.15) is 0 Å². The van der Waals surface area contributed by atoms with Crippen molar-refractivity contribution in [3.8, 4) is 0 Å². The predicted molar refractivity (Wildman–Crippen MR) is 103 cm³/mol. The summed E-state index contributed by atoms with van der Waals surface area (Å²) in [6, 6.07) is 3.62. The Hall–Kier alpha value is -0.860. The molecule has 142 valence electrons. The summed E-state index contributed by atoms with van der Waals surface area (Å²) in [5.74, 6) is 0.704. The Labute approximate surface area is 158 Å². The zero-order valence-corrected chi connectivity index (χ0v) is 16.2. The molecule has 25 heavy (non-hydrogen) atoms. The van der Waals surface area contributed by atoms with Crippen LogP contribution in [0.15, 0.2) is 17.1 Å². The third-order valence-corrected chi connectivity index (χ3v) is 5.16. The smallest absolute Gasteiger partial charge is 0.191 e. The highest BCUT2D eigenvalue weighted by atomic mass is 35.5. The molecule has 0 radical (unpaired) electrons. The van der Waals surface area contributed by atoms with Crippen molar-refractivity contribution in [2.24, 2.45) is 4.99 Å². The topological polar surface area (TPSA) is 75.1 Å². The fraction of sp³-hybridized carbons (Fsp3) is 0.706. The molecule has 2 rings (SSSR count). The first kappa shape index (κ1) is 20.5. The molecule has 0 amide bonds. The van der Waals surface area contributed by atoms with Gasteiger partial charge in [-0.05, 0) is 38.3 Å². The number of aliphatic hydroxyl groups is 1. The largest absolute Gasteiger partial charge is 0.386 e. The first-order valence-electron chi connectivity index (χ1n) is 8.84. The maximum absolute atomic E-state index is 10.2. The van der Waals surface area contributed by atoms with E-state index >= 15 is 0 Å². The van der Waals surface area contributed by atoms with Crippen LogP contribution in [0.3, 0.4) is 0 Å². The Morgan fingerprint density at radius 2 is 2.24 bits per heavy atom. The molecule has 1 aromatic rings. The maximum Gasteiger partial charge on any atom is 0.191 e. The van der Waals surface area contributed by atoms with E-state index in [-0.39, 0.29) is 0 Å². The van der Waals surface area contributed by atoms with Crippen LogP contribution in [0, 0.1) is 0 Å². The van der Waals surface area contributed by atoms with Crippen LogP contribution in [0.2, 0.25) is 4.34 Å². The van der Waals surface area contributed by atoms with E-state index in [0.29, 0.717) is 22.9 Å². The molecule has 6 nitrogen and oxygen atoms in total. The quantitative estimate of drug-likeness (QED) is 0.344. The molecule has 2 heterocycles. The summed E-state index contributed by atoms with van der Waals surface area (Å²) < 4.78 is 11.8. The second-order valence-electron chi connectivity index (χ2n) is 5.84. The van der Waals surface area contributed by atoms with Gasteiger partial charge >= 0.3 is 0 Å². The molecule has 0 saturated carbocycles. The lowest BCUT2D eigenvalue weighted by Crippen LogP contribution is -2.38. The number of aliphatic hydroxyl groups excluding tert-OH is 1. The van der Waals surface area contributed by atoms with Crippen molar-refractivity contribution in [3.05, 3.63) is 21.3 Å². The number of hydrogen-bond acceptors (Lipinski definition) is 5. The number of thiophene rings is 1. The Balaban J connectivity index is 1.66. The van der Waals surface area contributed by atoms with Gasteiger partial charge in [0.1, 0.15) is 6.10 Å². The highest BCUT2D eigenvalue weighted by Crippen LogP contribution is 2.26. The van der Waals surface area contributed by atoms with Crippen molar-refractivity contribution in [2.45, 2.75) is 38.4 Å². The molecule has 0 aliphatic carbocycles. The second-order valence-corrected chi connectivity index (χ2v) is 7.59. The van der Waals surface area contributed by atoms with E-state index in [1.807, 2.05) is 13.0 Å². The van der Waals surface area contributed by atoms with Crippen molar-refractivity contribution < 1.29 is 14.6 Å². The van der Waals surface area contributed by atoms with E-state index in [1.54, 1.807) is 6.07 Å². The van der Waals surface area contributed by atoms with Gasteiger partial charge in [-0.15, -0.1) is 11.3 Å². The van der Waals surface area contributed by atoms with Crippen molar-refractivity contribution in [1.82, 2.24) is 10.6 Å². The van der Waals surface area contributed by atoms with Crippen molar-refractivity contribution in [2.75, 3.05) is 39.5 Å². The summed E-state index contributed by atoms with van der Waals surface area (Å²) in [6.07, 6.45) is 2.59. The lowest BCUT2D eigenvalue weighted by Gasteiger charge is -2.22. The molecule has 8 heteroatoms. The lowest BCUT2D eigenvalue weighted by molar-refractivity contribution is -0.0320. The molecule has 0 aromatic carbocycles. The van der Waals surface area contributed by atoms with Crippen LogP contribution < -0.4 is 10.6 Å². The Morgan fingerprint density at radius 3 is 2.92 bits per heavy atom. The zero-order chi connectivity index (χ0) is 17.9. The van der Waals surface area contributed by atoms with E-state index < -0.39 is 6.10 Å². The summed E-state index contributed by atoms with van der Waals surface area (Å²) in [4.78, 5) is 5.27. The molecule has 1 unspecified atom stereocenters. The molecule has 1 aromatic heterocycles. The SMILES string of the molecule is CCNC(=NCC(O)c1ccc(Cl)s1)NCCCOC1CCOCC1. The average Bonchev–Trinajstić information content (AvgIpc) is 3.06. The van der Waals surface area contributed by atoms with Crippen LogP contribution in [0.1, 0.15) is 37.2 Å². The highest BCUT2D eigenvalue weighted by molar-refractivity contribution is 7.16. The highest BCUT2D eigenvalue weighted by Gasteiger charge is 2.13. The van der Waals surface area contributed by atoms with Gasteiger partial charge in [-0.25, -0.2) is 0 Å². The Kier molecular flexibility index (Phi) is 9.57. The van der Waals surface area contributed by atoms with Crippen LogP contribution in [0.4, 0.5) is 0 Å². The fourth-order valence-corrected chi connectivity index (χ4v) is 3.53. The van der Waals surface area contributed by atoms with E-state index in [1.165, 1.54) is 11.3 Å². The van der Waals surface area contributed by atoms with Gasteiger partial charge in [0.2, 0.25) is 0 Å². The number of ether oxygens (including phenoxy) is 2. The minimum Gasteiger partial charge on any atom is -0.386 e. The summed E-state index contributed by atoms with van der Waals surface area (Å²) in [5.41, 5.74) is 0. The summed E-state index contributed by atoms with van der Waals surface area (Å²) >= 11 is 7.28. The van der Waals surface area contributed by atoms with Gasteiger partial charge in [0, 0.05) is 37.8 Å². The minimum atomic E-state index is -0.634. The Morgan fingerprint density at radius 1 is 1.44 bits per heavy atom. The molecule has 1 saturated heterocycles. The van der Waals surface area contributed by atoms with Gasteiger partial charge in [-0.3, -0.25) is 4.99 Å². The lowest BCUT2D eigenvalue weighted by atomic mass is 10.1. The maximum atomic E-state index is 10.2. The summed E-state index contributed by atoms with van der Waals surface area (Å²) in [7, 11) is 0. The number of halogens is 1. The second kappa shape index (κ2) is 11.7. The van der Waals surface area contributed by atoms with Crippen LogP contribution in [-0.2, 0) is 9.47 Å². The number of guanidine groups is 1. The van der Waals surface area contributed by atoms with Crippen LogP contribution >= 0.6 is 22.9 Å². The summed E-state index contributed by atoms with van der Waals surface area (Å²) in [6.45, 7) is 6.19. The summed E-state index contributed by atoms with van der Waals surface area (Å²) in [5, 5.41) is 16.6. The molecule has 0 spiro atoms. The number of aliphatic imine (C=N–C) groups is 1. The molecular formula is C17H28ClN3O3S. The number of nitrogens with one attached hydrogen (secondary N) is 2. The fourth-order valence-electron chi connectivity index (χ4n) is 2.49. The van der Waals surface area contributed by atoms with Crippen molar-refractivity contribution in [1.29, 1.82) is 0 Å². The van der Waals surface area contributed by atoms with Gasteiger partial charge < -0.3 is 25.2 Å². The standard InChI is InChI=1S/C17H28ClN3O3S/c1-2-19-17(21-12-14(22)15-4-5-16(18)25-15)20-8-3-9-24-13-6-10-23-11-7-13/h4-5,13-14,22H,2-3,6-12H2,1H3,(H2,19,20,21).